The summed E-state index contributed by atoms with van der Waals surface area (Å²) in [6, 6.07) is 13.3. The molecule has 4 nitrogen and oxygen atoms in total. The van der Waals surface area contributed by atoms with Crippen LogP contribution in [-0.2, 0) is 0 Å². The van der Waals surface area contributed by atoms with E-state index in [1.54, 1.807) is 6.20 Å². The third-order valence-corrected chi connectivity index (χ3v) is 2.70. The zero-order chi connectivity index (χ0) is 12.4. The van der Waals surface area contributed by atoms with Crippen LogP contribution in [0.15, 0.2) is 54.9 Å². The van der Waals surface area contributed by atoms with Crippen LogP contribution in [0.3, 0.4) is 0 Å². The monoisotopic (exact) mass is 236 g/mol. The highest BCUT2D eigenvalue weighted by molar-refractivity contribution is 5.62. The fourth-order valence-corrected chi connectivity index (χ4v) is 1.77. The van der Waals surface area contributed by atoms with Gasteiger partial charge in [0, 0.05) is 23.6 Å². The van der Waals surface area contributed by atoms with Gasteiger partial charge in [0.1, 0.15) is 0 Å². The van der Waals surface area contributed by atoms with Gasteiger partial charge < -0.3 is 10.7 Å². The molecule has 3 N–H and O–H groups in total. The van der Waals surface area contributed by atoms with Crippen molar-refractivity contribution in [1.82, 2.24) is 15.0 Å². The highest BCUT2D eigenvalue weighted by Gasteiger charge is 2.04. The van der Waals surface area contributed by atoms with Gasteiger partial charge in [-0.25, -0.2) is 9.97 Å². The lowest BCUT2D eigenvalue weighted by atomic mass is 10.2. The van der Waals surface area contributed by atoms with Crippen molar-refractivity contribution >= 4 is 5.69 Å². The second-order valence-corrected chi connectivity index (χ2v) is 3.97. The van der Waals surface area contributed by atoms with Gasteiger partial charge in [-0.2, -0.15) is 0 Å². The van der Waals surface area contributed by atoms with E-state index in [4.69, 9.17) is 5.73 Å². The first-order valence-electron chi connectivity index (χ1n) is 5.66. The van der Waals surface area contributed by atoms with Crippen molar-refractivity contribution in [2.75, 3.05) is 5.73 Å². The number of benzene rings is 1. The number of rotatable bonds is 2. The molecule has 1 aromatic carbocycles. The Morgan fingerprint density at radius 1 is 1.00 bits per heavy atom. The van der Waals surface area contributed by atoms with E-state index in [0.29, 0.717) is 5.82 Å². The number of H-pyrrole nitrogens is 1. The third kappa shape index (κ3) is 1.96. The van der Waals surface area contributed by atoms with Gasteiger partial charge in [-0.1, -0.05) is 0 Å². The van der Waals surface area contributed by atoms with Gasteiger partial charge in [-0.3, -0.25) is 0 Å². The van der Waals surface area contributed by atoms with Crippen molar-refractivity contribution in [3.05, 3.63) is 54.9 Å². The molecule has 0 aliphatic heterocycles. The van der Waals surface area contributed by atoms with Crippen molar-refractivity contribution in [1.29, 1.82) is 0 Å². The van der Waals surface area contributed by atoms with E-state index in [0.717, 1.165) is 22.6 Å². The molecule has 0 aliphatic carbocycles. The lowest BCUT2D eigenvalue weighted by molar-refractivity contribution is 1.17. The molecule has 0 spiro atoms. The van der Waals surface area contributed by atoms with Crippen molar-refractivity contribution < 1.29 is 0 Å². The predicted octanol–water partition coefficient (Wildman–Crippen LogP) is 2.72. The van der Waals surface area contributed by atoms with E-state index in [1.807, 2.05) is 48.7 Å². The lowest BCUT2D eigenvalue weighted by Crippen LogP contribution is -1.92. The standard InChI is InChI=1S/C14H12N4/c15-11-5-3-10(4-6-11)14-17-9-7-13(18-14)12-2-1-8-16-12/h1-9,16H,15H2. The fourth-order valence-electron chi connectivity index (χ4n) is 1.77. The number of nitrogens with one attached hydrogen (secondary N) is 1. The summed E-state index contributed by atoms with van der Waals surface area (Å²) in [6.45, 7) is 0. The zero-order valence-electron chi connectivity index (χ0n) is 9.67. The van der Waals surface area contributed by atoms with Crippen LogP contribution in [0.25, 0.3) is 22.8 Å². The third-order valence-electron chi connectivity index (χ3n) is 2.70. The Labute approximate surface area is 105 Å². The Hall–Kier alpha value is -2.62. The SMILES string of the molecule is Nc1ccc(-c2nccc(-c3ccc[nH]3)n2)cc1. The summed E-state index contributed by atoms with van der Waals surface area (Å²) in [5, 5.41) is 0. The lowest BCUT2D eigenvalue weighted by Gasteiger charge is -2.03. The van der Waals surface area contributed by atoms with Gasteiger partial charge >= 0.3 is 0 Å². The van der Waals surface area contributed by atoms with Crippen LogP contribution in [-0.4, -0.2) is 15.0 Å². The smallest absolute Gasteiger partial charge is 0.159 e. The van der Waals surface area contributed by atoms with Crippen LogP contribution in [0, 0.1) is 0 Å². The number of anilines is 1. The van der Waals surface area contributed by atoms with Crippen LogP contribution in [0.1, 0.15) is 0 Å². The average Bonchev–Trinajstić information content (AvgIpc) is 2.94. The largest absolute Gasteiger partial charge is 0.399 e. The van der Waals surface area contributed by atoms with E-state index in [1.165, 1.54) is 0 Å². The molecule has 0 aliphatic rings. The zero-order valence-corrected chi connectivity index (χ0v) is 9.67. The van der Waals surface area contributed by atoms with E-state index < -0.39 is 0 Å². The molecule has 0 bridgehead atoms. The van der Waals surface area contributed by atoms with Gasteiger partial charge in [0.25, 0.3) is 0 Å². The molecule has 18 heavy (non-hydrogen) atoms. The van der Waals surface area contributed by atoms with E-state index in [9.17, 15) is 0 Å². The summed E-state index contributed by atoms with van der Waals surface area (Å²) in [4.78, 5) is 11.9. The van der Waals surface area contributed by atoms with Crippen molar-refractivity contribution in [3.8, 4) is 22.8 Å². The number of nitrogens with zero attached hydrogens (tertiary/aromatic N) is 2. The normalized spacial score (nSPS) is 10.4. The summed E-state index contributed by atoms with van der Waals surface area (Å²) in [7, 11) is 0. The minimum atomic E-state index is 0.696. The highest BCUT2D eigenvalue weighted by Crippen LogP contribution is 2.20. The predicted molar refractivity (Wildman–Crippen MR) is 71.7 cm³/mol. The van der Waals surface area contributed by atoms with E-state index in [-0.39, 0.29) is 0 Å². The van der Waals surface area contributed by atoms with Crippen LogP contribution in [0.5, 0.6) is 0 Å². The minimum Gasteiger partial charge on any atom is -0.399 e. The molecule has 0 fully saturated rings. The molecule has 0 amide bonds. The first-order valence-corrected chi connectivity index (χ1v) is 5.66. The van der Waals surface area contributed by atoms with Crippen molar-refractivity contribution in [2.24, 2.45) is 0 Å². The summed E-state index contributed by atoms with van der Waals surface area (Å²) in [5.74, 6) is 0.696. The quantitative estimate of drug-likeness (QED) is 0.672. The van der Waals surface area contributed by atoms with Gasteiger partial charge in [-0.05, 0) is 42.5 Å². The number of hydrogen-bond donors (Lipinski definition) is 2. The Morgan fingerprint density at radius 2 is 1.83 bits per heavy atom. The van der Waals surface area contributed by atoms with Crippen LogP contribution < -0.4 is 5.73 Å². The van der Waals surface area contributed by atoms with Gasteiger partial charge in [0.05, 0.1) is 11.4 Å². The molecule has 2 aromatic heterocycles. The molecule has 2 heterocycles. The maximum absolute atomic E-state index is 5.67. The molecular formula is C14H12N4. The first kappa shape index (κ1) is 10.5. The molecule has 0 unspecified atom stereocenters. The topological polar surface area (TPSA) is 67.6 Å². The number of aromatic amines is 1. The second kappa shape index (κ2) is 4.33. The molecule has 3 rings (SSSR count). The van der Waals surface area contributed by atoms with Crippen LogP contribution in [0.4, 0.5) is 5.69 Å². The summed E-state index contributed by atoms with van der Waals surface area (Å²) >= 11 is 0. The fraction of sp³-hybridized carbons (Fsp3) is 0. The molecule has 0 radical (unpaired) electrons. The van der Waals surface area contributed by atoms with Gasteiger partial charge in [0.15, 0.2) is 5.82 Å². The van der Waals surface area contributed by atoms with Gasteiger partial charge in [-0.15, -0.1) is 0 Å². The van der Waals surface area contributed by atoms with E-state index >= 15 is 0 Å². The minimum absolute atomic E-state index is 0.696. The van der Waals surface area contributed by atoms with Crippen LogP contribution in [0.2, 0.25) is 0 Å². The first-order chi connectivity index (χ1) is 8.83. The molecule has 4 heteroatoms. The average molecular weight is 236 g/mol. The molecule has 88 valence electrons. The van der Waals surface area contributed by atoms with Crippen molar-refractivity contribution in [3.63, 3.8) is 0 Å². The molecule has 0 saturated carbocycles. The Bertz CT molecular complexity index is 642. The molecule has 0 atom stereocenters. The summed E-state index contributed by atoms with van der Waals surface area (Å²) < 4.78 is 0. The van der Waals surface area contributed by atoms with Crippen molar-refractivity contribution in [2.45, 2.75) is 0 Å². The second-order valence-electron chi connectivity index (χ2n) is 3.97. The number of nitrogen functional groups attached to an aromatic ring is 1. The van der Waals surface area contributed by atoms with Crippen LogP contribution >= 0.6 is 0 Å². The number of nitrogens with two attached hydrogens (primary N) is 1. The maximum atomic E-state index is 5.67. The van der Waals surface area contributed by atoms with Gasteiger partial charge in [0.2, 0.25) is 0 Å². The Balaban J connectivity index is 2.03. The molecule has 0 saturated heterocycles. The Kier molecular flexibility index (Phi) is 2.53. The molecular weight excluding hydrogens is 224 g/mol. The Morgan fingerprint density at radius 3 is 2.56 bits per heavy atom. The molecule has 3 aromatic rings. The summed E-state index contributed by atoms with van der Waals surface area (Å²) in [6.07, 6.45) is 3.63. The summed E-state index contributed by atoms with van der Waals surface area (Å²) in [5.41, 5.74) is 9.21. The highest BCUT2D eigenvalue weighted by atomic mass is 14.9. The number of aromatic nitrogens is 3. The number of hydrogen-bond acceptors (Lipinski definition) is 3. The maximum Gasteiger partial charge on any atom is 0.159 e. The van der Waals surface area contributed by atoms with E-state index in [2.05, 4.69) is 15.0 Å².